The highest BCUT2D eigenvalue weighted by atomic mass is 19.4. The minimum Gasteiger partial charge on any atom is -0.423 e. The van der Waals surface area contributed by atoms with Crippen LogP contribution in [0.3, 0.4) is 0 Å². The molecule has 0 aliphatic carbocycles. The zero-order chi connectivity index (χ0) is 31.6. The fourth-order valence-electron chi connectivity index (χ4n) is 4.67. The molecule has 0 fully saturated rings. The highest BCUT2D eigenvalue weighted by Gasteiger charge is 2.30. The second kappa shape index (κ2) is 15.8. The van der Waals surface area contributed by atoms with E-state index < -0.39 is 42.8 Å². The summed E-state index contributed by atoms with van der Waals surface area (Å²) in [4.78, 5) is 40.2. The van der Waals surface area contributed by atoms with Gasteiger partial charge in [-0.2, -0.15) is 13.2 Å². The van der Waals surface area contributed by atoms with Crippen LogP contribution in [0, 0.1) is 0 Å². The normalized spacial score (nSPS) is 14.2. The van der Waals surface area contributed by atoms with Crippen molar-refractivity contribution in [2.24, 2.45) is 17.2 Å². The van der Waals surface area contributed by atoms with Crippen LogP contribution < -0.4 is 33.3 Å². The quantitative estimate of drug-likeness (QED) is 0.147. The van der Waals surface area contributed by atoms with Crippen molar-refractivity contribution in [3.05, 3.63) is 64.7 Å². The minimum absolute atomic E-state index is 0.0201. The second-order valence-electron chi connectivity index (χ2n) is 10.3. The first-order valence-electron chi connectivity index (χ1n) is 14.0. The van der Waals surface area contributed by atoms with Crippen molar-refractivity contribution >= 4 is 30.3 Å². The molecule has 0 saturated carbocycles. The van der Waals surface area contributed by atoms with E-state index in [9.17, 15) is 32.6 Å². The maximum Gasteiger partial charge on any atom is 0.491 e. The van der Waals surface area contributed by atoms with Crippen LogP contribution in [0.2, 0.25) is 0 Å². The molecule has 0 bridgehead atoms. The van der Waals surface area contributed by atoms with Gasteiger partial charge >= 0.3 is 13.3 Å². The Balaban J connectivity index is 1.64. The molecule has 43 heavy (non-hydrogen) atoms. The molecule has 0 saturated heterocycles. The predicted octanol–water partition coefficient (Wildman–Crippen LogP) is -0.490. The molecule has 11 nitrogen and oxygen atoms in total. The van der Waals surface area contributed by atoms with Gasteiger partial charge in [0.2, 0.25) is 17.7 Å². The summed E-state index contributed by atoms with van der Waals surface area (Å²) < 4.78 is 44.0. The first-order chi connectivity index (χ1) is 20.4. The number of hydrogen-bond donors (Lipinski definition) is 6. The Morgan fingerprint density at radius 2 is 1.65 bits per heavy atom. The number of fused-ring (bicyclic) bond motifs is 1. The average molecular weight is 606 g/mol. The van der Waals surface area contributed by atoms with Crippen molar-refractivity contribution in [1.29, 1.82) is 0 Å². The summed E-state index contributed by atoms with van der Waals surface area (Å²) in [6.07, 6.45) is -4.19. The van der Waals surface area contributed by atoms with Crippen LogP contribution in [0.15, 0.2) is 42.5 Å². The second-order valence-corrected chi connectivity index (χ2v) is 10.3. The maximum atomic E-state index is 13.2. The number of nitrogens with two attached hydrogens (primary N) is 3. The summed E-state index contributed by atoms with van der Waals surface area (Å²) in [7, 11) is -0.993. The van der Waals surface area contributed by atoms with Gasteiger partial charge in [0.05, 0.1) is 18.2 Å². The first-order valence-corrected chi connectivity index (χ1v) is 14.0. The molecule has 1 aliphatic rings. The number of benzene rings is 2. The van der Waals surface area contributed by atoms with E-state index >= 15 is 0 Å². The number of nitrogens with one attached hydrogen (secondary N) is 2. The number of aryl methyl sites for hydroxylation is 1. The van der Waals surface area contributed by atoms with E-state index in [0.29, 0.717) is 24.1 Å². The lowest BCUT2D eigenvalue weighted by atomic mass is 9.79. The summed E-state index contributed by atoms with van der Waals surface area (Å²) in [5.41, 5.74) is 19.1. The van der Waals surface area contributed by atoms with Crippen LogP contribution in [0.5, 0.6) is 0 Å². The van der Waals surface area contributed by atoms with Crippen molar-refractivity contribution < 1.29 is 37.2 Å². The van der Waals surface area contributed by atoms with Crippen LogP contribution in [0.25, 0.3) is 0 Å². The van der Waals surface area contributed by atoms with Gasteiger partial charge in [-0.15, -0.1) is 0 Å². The maximum absolute atomic E-state index is 13.2. The fourth-order valence-corrected chi connectivity index (χ4v) is 4.67. The molecule has 2 aromatic carbocycles. The number of halogens is 3. The van der Waals surface area contributed by atoms with Crippen LogP contribution in [0.1, 0.15) is 41.5 Å². The third-order valence-corrected chi connectivity index (χ3v) is 7.13. The molecule has 2 aromatic rings. The van der Waals surface area contributed by atoms with Crippen LogP contribution >= 0.6 is 0 Å². The number of nitrogens with zero attached hydrogens (tertiary/aromatic N) is 1. The van der Waals surface area contributed by atoms with Gasteiger partial charge in [-0.05, 0) is 53.5 Å². The Hall–Kier alpha value is -3.50. The fraction of sp³-hybridized carbons (Fsp3) is 0.464. The lowest BCUT2D eigenvalue weighted by Gasteiger charge is -2.23. The highest BCUT2D eigenvalue weighted by Crippen LogP contribution is 2.29. The topological polar surface area (TPSA) is 186 Å². The summed E-state index contributed by atoms with van der Waals surface area (Å²) in [6.45, 7) is 1.52. The van der Waals surface area contributed by atoms with Crippen LogP contribution in [-0.2, 0) is 44.8 Å². The van der Waals surface area contributed by atoms with E-state index in [-0.39, 0.29) is 57.8 Å². The molecule has 1 aliphatic heterocycles. The lowest BCUT2D eigenvalue weighted by molar-refractivity contribution is -0.137. The van der Waals surface area contributed by atoms with E-state index in [0.717, 1.165) is 23.3 Å². The smallest absolute Gasteiger partial charge is 0.423 e. The van der Waals surface area contributed by atoms with Crippen molar-refractivity contribution in [1.82, 2.24) is 15.5 Å². The Morgan fingerprint density at radius 3 is 2.28 bits per heavy atom. The van der Waals surface area contributed by atoms with Crippen LogP contribution in [-0.4, -0.2) is 73.0 Å². The van der Waals surface area contributed by atoms with E-state index in [2.05, 4.69) is 10.6 Å². The van der Waals surface area contributed by atoms with Gasteiger partial charge < -0.3 is 42.4 Å². The molecule has 1 heterocycles. The summed E-state index contributed by atoms with van der Waals surface area (Å²) in [5, 5.41) is 15.2. The van der Waals surface area contributed by atoms with Crippen molar-refractivity contribution in [2.75, 3.05) is 26.2 Å². The monoisotopic (exact) mass is 606 g/mol. The van der Waals surface area contributed by atoms with Gasteiger partial charge in [-0.1, -0.05) is 30.3 Å². The molecule has 2 unspecified atom stereocenters. The molecular weight excluding hydrogens is 568 g/mol. The van der Waals surface area contributed by atoms with Gasteiger partial charge in [0.25, 0.3) is 0 Å². The van der Waals surface area contributed by atoms with Gasteiger partial charge in [0, 0.05) is 39.1 Å². The average Bonchev–Trinajstić information content (AvgIpc) is 3.35. The van der Waals surface area contributed by atoms with E-state index in [1.165, 1.54) is 17.0 Å². The molecule has 234 valence electrons. The highest BCUT2D eigenvalue weighted by molar-refractivity contribution is 6.61. The van der Waals surface area contributed by atoms with E-state index in [1.807, 2.05) is 0 Å². The summed E-state index contributed by atoms with van der Waals surface area (Å²) in [5.74, 6) is -1.41. The third kappa shape index (κ3) is 10.0. The third-order valence-electron chi connectivity index (χ3n) is 7.13. The van der Waals surface area contributed by atoms with Gasteiger partial charge in [0.15, 0.2) is 0 Å². The van der Waals surface area contributed by atoms with Gasteiger partial charge in [0.1, 0.15) is 6.04 Å². The molecule has 0 aromatic heterocycles. The molecule has 0 spiro atoms. The van der Waals surface area contributed by atoms with Crippen LogP contribution in [0.4, 0.5) is 13.2 Å². The Morgan fingerprint density at radius 1 is 1.00 bits per heavy atom. The number of hydrogen-bond acceptors (Lipinski definition) is 8. The molecule has 3 amide bonds. The summed E-state index contributed by atoms with van der Waals surface area (Å²) in [6, 6.07) is 7.67. The van der Waals surface area contributed by atoms with E-state index in [4.69, 9.17) is 21.9 Å². The Bertz CT molecular complexity index is 1240. The predicted molar refractivity (Wildman–Crippen MR) is 154 cm³/mol. The zero-order valence-electron chi connectivity index (χ0n) is 23.7. The molecule has 0 radical (unpaired) electrons. The SMILES string of the molecule is NCCN(CCN)C(=O)CCC(N)C(=O)NC(CCc1ccc(C(F)(F)F)cc1)C(=O)NCc1ccc2c(c1)COB2O. The molecule has 15 heteroatoms. The molecule has 2 atom stereocenters. The standard InChI is InChI=1S/C28H38BF3N6O5/c30-28(31,32)21-5-1-18(2-6-21)4-9-24(27(41)36-16-19-3-7-22-20(15-19)17-43-29(22)42)37-26(40)23(35)8-10-25(39)38(13-11-33)14-12-34/h1-3,5-7,15,23-24,42H,4,8-14,16-17,33-35H2,(H,36,41)(H,37,40). The molecule has 3 rings (SSSR count). The first kappa shape index (κ1) is 34.0. The number of carbonyl (C=O) groups is 3. The van der Waals surface area contributed by atoms with Gasteiger partial charge in [-0.3, -0.25) is 14.4 Å². The summed E-state index contributed by atoms with van der Waals surface area (Å²) >= 11 is 0. The number of alkyl halides is 3. The van der Waals surface area contributed by atoms with Crippen molar-refractivity contribution in [2.45, 2.75) is 57.1 Å². The van der Waals surface area contributed by atoms with Crippen molar-refractivity contribution in [3.63, 3.8) is 0 Å². The molecular formula is C28H38BF3N6O5. The number of rotatable bonds is 15. The number of carbonyl (C=O) groups excluding carboxylic acids is 3. The Labute approximate surface area is 248 Å². The zero-order valence-corrected chi connectivity index (χ0v) is 23.7. The Kier molecular flexibility index (Phi) is 12.5. The van der Waals surface area contributed by atoms with E-state index in [1.54, 1.807) is 18.2 Å². The van der Waals surface area contributed by atoms with Gasteiger partial charge in [-0.25, -0.2) is 0 Å². The van der Waals surface area contributed by atoms with Crippen molar-refractivity contribution in [3.8, 4) is 0 Å². The molecule has 9 N–H and O–H groups in total. The minimum atomic E-state index is -4.47. The number of amides is 3. The largest absolute Gasteiger partial charge is 0.491 e. The lowest BCUT2D eigenvalue weighted by Crippen LogP contribution is -2.52.